The van der Waals surface area contributed by atoms with Gasteiger partial charge in [-0.15, -0.1) is 0 Å². The Morgan fingerprint density at radius 2 is 1.66 bits per heavy atom. The highest BCUT2D eigenvalue weighted by Crippen LogP contribution is 2.28. The Hall–Kier alpha value is -0.753. The molecule has 0 aliphatic rings. The highest BCUT2D eigenvalue weighted by atomic mass is 28.4. The average Bonchev–Trinajstić information content (AvgIpc) is 2.67. The summed E-state index contributed by atoms with van der Waals surface area (Å²) in [5.74, 6) is 0. The predicted octanol–water partition coefficient (Wildman–Crippen LogP) is 3.08. The molecular weight excluding hydrogens is 398 g/mol. The van der Waals surface area contributed by atoms with Gasteiger partial charge >= 0.3 is 14.9 Å². The van der Waals surface area contributed by atoms with Gasteiger partial charge in [0, 0.05) is 40.9 Å². The fourth-order valence-electron chi connectivity index (χ4n) is 3.26. The number of amides is 1. The van der Waals surface area contributed by atoms with Crippen LogP contribution >= 0.6 is 0 Å². The second kappa shape index (κ2) is 14.3. The summed E-state index contributed by atoms with van der Waals surface area (Å²) < 4.78 is 38.6. The third-order valence-corrected chi connectivity index (χ3v) is 7.62. The molecule has 4 unspecified atom stereocenters. The Morgan fingerprint density at radius 3 is 2.10 bits per heavy atom. The molecule has 0 heterocycles. The molecule has 2 N–H and O–H groups in total. The number of methoxy groups -OCH3 is 1. The van der Waals surface area contributed by atoms with Crippen LogP contribution in [0.2, 0.25) is 6.04 Å². The van der Waals surface area contributed by atoms with E-state index in [-0.39, 0.29) is 18.5 Å². The first-order valence-corrected chi connectivity index (χ1v) is 12.0. The molecule has 0 aromatic carbocycles. The molecule has 0 saturated heterocycles. The van der Waals surface area contributed by atoms with E-state index in [4.69, 9.17) is 38.0 Å². The number of nitrogens with two attached hydrogens (primary N) is 1. The monoisotopic (exact) mass is 439 g/mol. The molecular formula is C19H41NO8Si. The van der Waals surface area contributed by atoms with Crippen LogP contribution in [0.25, 0.3) is 0 Å². The summed E-state index contributed by atoms with van der Waals surface area (Å²) in [6.07, 6.45) is 1.16. The van der Waals surface area contributed by atoms with Crippen molar-refractivity contribution in [1.82, 2.24) is 0 Å². The predicted molar refractivity (Wildman–Crippen MR) is 112 cm³/mol. The van der Waals surface area contributed by atoms with Crippen LogP contribution in [0.15, 0.2) is 0 Å². The minimum absolute atomic E-state index is 0.123. The fraction of sp³-hybridized carbons (Fsp3) is 0.947. The summed E-state index contributed by atoms with van der Waals surface area (Å²) >= 11 is 0. The molecule has 0 aromatic rings. The molecule has 174 valence electrons. The Balaban J connectivity index is 4.72. The number of primary amides is 1. The van der Waals surface area contributed by atoms with Crippen LogP contribution in [0.1, 0.15) is 53.4 Å². The zero-order valence-electron chi connectivity index (χ0n) is 19.3. The summed E-state index contributed by atoms with van der Waals surface area (Å²) in [5, 5.41) is 0. The minimum Gasteiger partial charge on any atom is -0.443 e. The standard InChI is InChI=1S/C19H41NO8Si/c1-9-17(22-5)27-16(3)14-26-15(2)13-19(4,28-18(20)21)11-10-12-29(23-6,24-7)25-8/h15-17H,9-14H2,1-8H3,(H2,20,21). The van der Waals surface area contributed by atoms with Crippen molar-refractivity contribution in [2.24, 2.45) is 5.73 Å². The van der Waals surface area contributed by atoms with Gasteiger partial charge in [-0.3, -0.25) is 0 Å². The third kappa shape index (κ3) is 11.3. The Kier molecular flexibility index (Phi) is 13.9. The maximum Gasteiger partial charge on any atom is 0.500 e. The SMILES string of the molecule is CCC(OC)OC(C)COC(C)CC(C)(CCC[Si](OC)(OC)OC)OC(N)=O. The first-order valence-electron chi connectivity index (χ1n) is 10.0. The Bertz CT molecular complexity index is 440. The molecule has 0 rings (SSSR count). The molecule has 9 nitrogen and oxygen atoms in total. The molecule has 0 aliphatic carbocycles. The quantitative estimate of drug-likeness (QED) is 0.272. The molecule has 0 saturated carbocycles. The van der Waals surface area contributed by atoms with Gasteiger partial charge in [-0.1, -0.05) is 6.92 Å². The van der Waals surface area contributed by atoms with Gasteiger partial charge in [0.1, 0.15) is 5.60 Å². The molecule has 0 fully saturated rings. The van der Waals surface area contributed by atoms with Crippen LogP contribution in [-0.4, -0.2) is 74.0 Å². The van der Waals surface area contributed by atoms with Gasteiger partial charge in [0.15, 0.2) is 6.29 Å². The van der Waals surface area contributed by atoms with E-state index < -0.39 is 20.5 Å². The van der Waals surface area contributed by atoms with Crippen LogP contribution in [0.4, 0.5) is 4.79 Å². The van der Waals surface area contributed by atoms with Gasteiger partial charge in [-0.2, -0.15) is 0 Å². The van der Waals surface area contributed by atoms with Crippen molar-refractivity contribution in [2.45, 2.75) is 83.5 Å². The second-order valence-corrected chi connectivity index (χ2v) is 10.5. The highest BCUT2D eigenvalue weighted by Gasteiger charge is 2.39. The van der Waals surface area contributed by atoms with E-state index >= 15 is 0 Å². The van der Waals surface area contributed by atoms with E-state index in [0.29, 0.717) is 31.9 Å². The lowest BCUT2D eigenvalue weighted by Crippen LogP contribution is -2.43. The van der Waals surface area contributed by atoms with Gasteiger partial charge in [0.25, 0.3) is 0 Å². The lowest BCUT2D eigenvalue weighted by atomic mass is 9.93. The maximum absolute atomic E-state index is 11.4. The number of rotatable bonds is 17. The van der Waals surface area contributed by atoms with Gasteiger partial charge in [0.2, 0.25) is 0 Å². The molecule has 0 radical (unpaired) electrons. The number of carbonyl (C=O) groups excluding carboxylic acids is 1. The summed E-state index contributed by atoms with van der Waals surface area (Å²) in [7, 11) is 3.66. The first-order chi connectivity index (χ1) is 13.6. The normalized spacial score (nSPS) is 17.4. The van der Waals surface area contributed by atoms with Crippen molar-refractivity contribution < 1.29 is 37.0 Å². The molecule has 1 amide bonds. The van der Waals surface area contributed by atoms with E-state index in [0.717, 1.165) is 6.42 Å². The summed E-state index contributed by atoms with van der Waals surface area (Å²) in [6, 6.07) is 0.601. The van der Waals surface area contributed by atoms with Gasteiger partial charge < -0.3 is 38.0 Å². The van der Waals surface area contributed by atoms with Gasteiger partial charge in [-0.05, 0) is 40.0 Å². The Morgan fingerprint density at radius 1 is 1.07 bits per heavy atom. The van der Waals surface area contributed by atoms with Crippen molar-refractivity contribution in [1.29, 1.82) is 0 Å². The number of carbonyl (C=O) groups is 1. The van der Waals surface area contributed by atoms with Crippen molar-refractivity contribution in [3.8, 4) is 0 Å². The molecule has 4 atom stereocenters. The zero-order chi connectivity index (χ0) is 22.5. The van der Waals surface area contributed by atoms with E-state index in [1.165, 1.54) is 0 Å². The lowest BCUT2D eigenvalue weighted by molar-refractivity contribution is -0.170. The lowest BCUT2D eigenvalue weighted by Gasteiger charge is -2.33. The third-order valence-electron chi connectivity index (χ3n) is 4.78. The summed E-state index contributed by atoms with van der Waals surface area (Å²) in [6.45, 7) is 8.11. The maximum atomic E-state index is 11.4. The van der Waals surface area contributed by atoms with E-state index in [9.17, 15) is 4.79 Å². The smallest absolute Gasteiger partial charge is 0.443 e. The molecule has 10 heteroatoms. The van der Waals surface area contributed by atoms with E-state index in [1.807, 2.05) is 27.7 Å². The number of hydrogen-bond donors (Lipinski definition) is 1. The molecule has 29 heavy (non-hydrogen) atoms. The molecule has 0 bridgehead atoms. The Labute approximate surface area is 176 Å². The van der Waals surface area contributed by atoms with Crippen molar-refractivity contribution >= 4 is 14.9 Å². The fourth-order valence-corrected chi connectivity index (χ4v) is 4.98. The van der Waals surface area contributed by atoms with Gasteiger partial charge in [-0.25, -0.2) is 4.79 Å². The molecule has 0 aliphatic heterocycles. The number of ether oxygens (including phenoxy) is 4. The first kappa shape index (κ1) is 28.2. The highest BCUT2D eigenvalue weighted by molar-refractivity contribution is 6.60. The van der Waals surface area contributed by atoms with Crippen LogP contribution in [0, 0.1) is 0 Å². The topological polar surface area (TPSA) is 108 Å². The molecule has 0 spiro atoms. The largest absolute Gasteiger partial charge is 0.500 e. The van der Waals surface area contributed by atoms with Crippen molar-refractivity contribution in [2.75, 3.05) is 35.0 Å². The summed E-state index contributed by atoms with van der Waals surface area (Å²) in [5.41, 5.74) is 4.52. The van der Waals surface area contributed by atoms with Gasteiger partial charge in [0.05, 0.1) is 18.8 Å². The van der Waals surface area contributed by atoms with Crippen LogP contribution in [0.3, 0.4) is 0 Å². The van der Waals surface area contributed by atoms with Crippen LogP contribution < -0.4 is 5.73 Å². The molecule has 0 aromatic heterocycles. The summed E-state index contributed by atoms with van der Waals surface area (Å²) in [4.78, 5) is 11.4. The van der Waals surface area contributed by atoms with Crippen LogP contribution in [0.5, 0.6) is 0 Å². The average molecular weight is 440 g/mol. The second-order valence-electron chi connectivity index (χ2n) is 7.39. The zero-order valence-corrected chi connectivity index (χ0v) is 20.3. The minimum atomic E-state index is -2.68. The van der Waals surface area contributed by atoms with E-state index in [1.54, 1.807) is 28.4 Å². The van der Waals surface area contributed by atoms with E-state index in [2.05, 4.69) is 0 Å². The van der Waals surface area contributed by atoms with Crippen molar-refractivity contribution in [3.63, 3.8) is 0 Å². The van der Waals surface area contributed by atoms with Crippen molar-refractivity contribution in [3.05, 3.63) is 0 Å². The van der Waals surface area contributed by atoms with Crippen LogP contribution in [-0.2, 0) is 32.2 Å². The number of hydrogen-bond acceptors (Lipinski definition) is 8.